The molecule has 7 rings (SSSR count). The van der Waals surface area contributed by atoms with Crippen LogP contribution in [-0.2, 0) is 0 Å². The van der Waals surface area contributed by atoms with Crippen LogP contribution in [0.2, 0.25) is 0 Å². The maximum Gasteiger partial charge on any atom is 0.150 e. The quantitative estimate of drug-likeness (QED) is 0.480. The highest BCUT2D eigenvalue weighted by Crippen LogP contribution is 2.65. The Morgan fingerprint density at radius 1 is 1.14 bits per heavy atom. The van der Waals surface area contributed by atoms with Crippen LogP contribution in [0.1, 0.15) is 60.9 Å². The van der Waals surface area contributed by atoms with Crippen molar-refractivity contribution in [1.82, 2.24) is 10.2 Å². The summed E-state index contributed by atoms with van der Waals surface area (Å²) in [6.07, 6.45) is 12.1. The lowest BCUT2D eigenvalue weighted by molar-refractivity contribution is 0.0203. The Balaban J connectivity index is 1.28. The SMILES string of the molecule is C[C@H](c1ccc(C=O)cc1)[C@H]1[C@@H]2C=C[C@@H]3N1[C@]3(O)[C@H]2[C@@H]1CC[C@@H]2CCC[C@@H]2N1. The van der Waals surface area contributed by atoms with Gasteiger partial charge < -0.3 is 10.4 Å². The van der Waals surface area contributed by atoms with Gasteiger partial charge in [-0.15, -0.1) is 0 Å². The molecule has 1 aromatic carbocycles. The Morgan fingerprint density at radius 3 is 2.75 bits per heavy atom. The van der Waals surface area contributed by atoms with Gasteiger partial charge in [0.2, 0.25) is 0 Å². The molecule has 0 radical (unpaired) electrons. The monoisotopic (exact) mass is 378 g/mol. The summed E-state index contributed by atoms with van der Waals surface area (Å²) in [4.78, 5) is 13.4. The van der Waals surface area contributed by atoms with Crippen LogP contribution < -0.4 is 5.32 Å². The van der Waals surface area contributed by atoms with E-state index in [0.717, 1.165) is 17.8 Å². The number of aliphatic hydroxyl groups is 1. The fourth-order valence-electron chi connectivity index (χ4n) is 7.37. The van der Waals surface area contributed by atoms with E-state index in [4.69, 9.17) is 0 Å². The van der Waals surface area contributed by atoms with Gasteiger partial charge >= 0.3 is 0 Å². The first kappa shape index (κ1) is 17.4. The topological polar surface area (TPSA) is 52.3 Å². The summed E-state index contributed by atoms with van der Waals surface area (Å²) in [5, 5.41) is 15.6. The molecule has 4 aliphatic heterocycles. The van der Waals surface area contributed by atoms with Crippen LogP contribution in [0.15, 0.2) is 36.4 Å². The van der Waals surface area contributed by atoms with Crippen molar-refractivity contribution < 1.29 is 9.90 Å². The van der Waals surface area contributed by atoms with Gasteiger partial charge in [-0.25, -0.2) is 0 Å². The van der Waals surface area contributed by atoms with Crippen LogP contribution in [0.25, 0.3) is 0 Å². The fourth-order valence-corrected chi connectivity index (χ4v) is 7.37. The Bertz CT molecular complexity index is 820. The van der Waals surface area contributed by atoms with Crippen molar-refractivity contribution >= 4 is 6.29 Å². The molecule has 28 heavy (non-hydrogen) atoms. The third-order valence-corrected chi connectivity index (χ3v) is 8.70. The van der Waals surface area contributed by atoms with Crippen molar-refractivity contribution in [1.29, 1.82) is 0 Å². The average Bonchev–Trinajstić information content (AvgIpc) is 3.03. The third kappa shape index (κ3) is 2.20. The van der Waals surface area contributed by atoms with E-state index in [2.05, 4.69) is 41.4 Å². The molecule has 148 valence electrons. The molecule has 3 saturated heterocycles. The first-order chi connectivity index (χ1) is 13.6. The van der Waals surface area contributed by atoms with Crippen LogP contribution in [0.4, 0.5) is 0 Å². The van der Waals surface area contributed by atoms with Gasteiger partial charge in [0.05, 0.1) is 6.04 Å². The molecule has 4 bridgehead atoms. The highest BCUT2D eigenvalue weighted by atomic mass is 16.3. The van der Waals surface area contributed by atoms with Gasteiger partial charge in [-0.1, -0.05) is 49.8 Å². The first-order valence-electron chi connectivity index (χ1n) is 11.1. The number of rotatable bonds is 4. The highest BCUT2D eigenvalue weighted by Gasteiger charge is 2.78. The van der Waals surface area contributed by atoms with Crippen molar-refractivity contribution in [2.75, 3.05) is 0 Å². The molecule has 6 aliphatic rings. The van der Waals surface area contributed by atoms with Gasteiger partial charge in [-0.2, -0.15) is 0 Å². The van der Waals surface area contributed by atoms with E-state index in [1.54, 1.807) is 0 Å². The Hall–Kier alpha value is -1.49. The Labute approximate surface area is 167 Å². The lowest BCUT2D eigenvalue weighted by Crippen LogP contribution is -2.55. The Kier molecular flexibility index (Phi) is 3.73. The first-order valence-corrected chi connectivity index (χ1v) is 11.1. The normalized spacial score (nSPS) is 48.9. The molecule has 1 aromatic rings. The molecule has 1 saturated carbocycles. The van der Waals surface area contributed by atoms with Gasteiger partial charge in [0.25, 0.3) is 0 Å². The van der Waals surface area contributed by atoms with E-state index in [0.29, 0.717) is 35.9 Å². The zero-order chi connectivity index (χ0) is 19.0. The highest BCUT2D eigenvalue weighted by molar-refractivity contribution is 5.74. The van der Waals surface area contributed by atoms with Crippen molar-refractivity contribution in [3.8, 4) is 0 Å². The van der Waals surface area contributed by atoms with Crippen molar-refractivity contribution in [3.63, 3.8) is 0 Å². The molecule has 4 heterocycles. The molecule has 0 amide bonds. The molecule has 2 N–H and O–H groups in total. The second kappa shape index (κ2) is 6.01. The van der Waals surface area contributed by atoms with Gasteiger partial charge in [0.1, 0.15) is 12.0 Å². The minimum Gasteiger partial charge on any atom is -0.373 e. The van der Waals surface area contributed by atoms with Crippen molar-refractivity contribution in [2.24, 2.45) is 17.8 Å². The summed E-state index contributed by atoms with van der Waals surface area (Å²) in [5.41, 5.74) is 1.34. The molecular weight excluding hydrogens is 348 g/mol. The maximum absolute atomic E-state index is 11.6. The van der Waals surface area contributed by atoms with Crippen molar-refractivity contribution in [2.45, 2.75) is 74.8 Å². The minimum atomic E-state index is -0.649. The molecule has 1 unspecified atom stereocenters. The smallest absolute Gasteiger partial charge is 0.150 e. The lowest BCUT2D eigenvalue weighted by Gasteiger charge is -2.43. The van der Waals surface area contributed by atoms with Crippen LogP contribution >= 0.6 is 0 Å². The number of hydrogen-bond donors (Lipinski definition) is 2. The van der Waals surface area contributed by atoms with E-state index in [1.165, 1.54) is 37.7 Å². The summed E-state index contributed by atoms with van der Waals surface area (Å²) in [7, 11) is 0. The second-order valence-electron chi connectivity index (χ2n) is 9.83. The minimum absolute atomic E-state index is 0.187. The third-order valence-electron chi connectivity index (χ3n) is 8.70. The van der Waals surface area contributed by atoms with E-state index in [9.17, 15) is 9.90 Å². The number of hydrogen-bond acceptors (Lipinski definition) is 4. The fraction of sp³-hybridized carbons (Fsp3) is 0.625. The predicted octanol–water partition coefficient (Wildman–Crippen LogP) is 3.08. The predicted molar refractivity (Wildman–Crippen MR) is 108 cm³/mol. The standard InChI is InChI=1S/C24H30N2O2/c1-14(16-7-5-15(13-27)6-8-16)23-18-10-12-21-24(28,26(21)23)22(18)20-11-9-17-3-2-4-19(17)25-20/h5-8,10,12-14,17-23,25,28H,2-4,9,11H2,1H3/t14-,17+,18-,19+,20+,21+,22-,23+,24-,26?/m1/s1. The van der Waals surface area contributed by atoms with Gasteiger partial charge in [-0.05, 0) is 43.1 Å². The summed E-state index contributed by atoms with van der Waals surface area (Å²) in [6, 6.07) is 9.63. The summed E-state index contributed by atoms with van der Waals surface area (Å²) in [6.45, 7) is 2.28. The van der Waals surface area contributed by atoms with E-state index in [1.807, 2.05) is 12.1 Å². The van der Waals surface area contributed by atoms with Gasteiger partial charge in [-0.3, -0.25) is 9.69 Å². The second-order valence-corrected chi connectivity index (χ2v) is 9.83. The molecule has 10 atom stereocenters. The summed E-state index contributed by atoms with van der Waals surface area (Å²) < 4.78 is 0. The number of aldehydes is 1. The van der Waals surface area contributed by atoms with Crippen LogP contribution in [0.3, 0.4) is 0 Å². The average molecular weight is 379 g/mol. The van der Waals surface area contributed by atoms with Gasteiger partial charge in [0.15, 0.2) is 0 Å². The van der Waals surface area contributed by atoms with Crippen LogP contribution in [-0.4, -0.2) is 46.2 Å². The van der Waals surface area contributed by atoms with E-state index >= 15 is 0 Å². The molecule has 0 aromatic heterocycles. The van der Waals surface area contributed by atoms with E-state index in [-0.39, 0.29) is 6.04 Å². The maximum atomic E-state index is 11.6. The lowest BCUT2D eigenvalue weighted by atomic mass is 9.69. The number of nitrogens with zero attached hydrogens (tertiary/aromatic N) is 1. The number of benzene rings is 1. The molecule has 2 aliphatic carbocycles. The Morgan fingerprint density at radius 2 is 1.96 bits per heavy atom. The van der Waals surface area contributed by atoms with Crippen LogP contribution in [0, 0.1) is 17.8 Å². The zero-order valence-corrected chi connectivity index (χ0v) is 16.5. The van der Waals surface area contributed by atoms with E-state index < -0.39 is 5.72 Å². The number of nitrogens with one attached hydrogen (secondary N) is 1. The molecule has 4 heteroatoms. The van der Waals surface area contributed by atoms with Crippen LogP contribution in [0.5, 0.6) is 0 Å². The molecule has 4 fully saturated rings. The largest absolute Gasteiger partial charge is 0.373 e. The number of piperidine rings is 2. The zero-order valence-electron chi connectivity index (χ0n) is 16.5. The molecule has 4 nitrogen and oxygen atoms in total. The molecular formula is C24H30N2O2. The summed E-state index contributed by atoms with van der Waals surface area (Å²) in [5.74, 6) is 1.89. The van der Waals surface area contributed by atoms with Gasteiger partial charge in [0, 0.05) is 35.5 Å². The summed E-state index contributed by atoms with van der Waals surface area (Å²) >= 11 is 0. The molecule has 0 spiro atoms. The number of carbonyl (C=O) groups excluding carboxylic acids is 1. The van der Waals surface area contributed by atoms with Crippen molar-refractivity contribution in [3.05, 3.63) is 47.5 Å². The number of carbonyl (C=O) groups is 1. The number of fused-ring (bicyclic) bond motifs is 1.